The van der Waals surface area contributed by atoms with E-state index in [1.807, 2.05) is 0 Å². The van der Waals surface area contributed by atoms with E-state index in [-0.39, 0.29) is 16.8 Å². The maximum Gasteiger partial charge on any atom is 0.445 e. The zero-order chi connectivity index (χ0) is 20.3. The molecule has 1 atom stereocenters. The van der Waals surface area contributed by atoms with Gasteiger partial charge in [-0.25, -0.2) is 0 Å². The van der Waals surface area contributed by atoms with Crippen molar-refractivity contribution in [2.24, 2.45) is 0 Å². The molecular formula is C16H18F3N5O3S. The van der Waals surface area contributed by atoms with Gasteiger partial charge in [-0.2, -0.15) is 13.2 Å². The van der Waals surface area contributed by atoms with E-state index >= 15 is 0 Å². The van der Waals surface area contributed by atoms with Crippen molar-refractivity contribution >= 4 is 28.3 Å². The number of furan rings is 1. The van der Waals surface area contributed by atoms with Gasteiger partial charge in [0.15, 0.2) is 5.76 Å². The molecule has 0 aromatic carbocycles. The van der Waals surface area contributed by atoms with Gasteiger partial charge >= 0.3 is 6.18 Å². The van der Waals surface area contributed by atoms with Crippen LogP contribution >= 0.6 is 11.3 Å². The van der Waals surface area contributed by atoms with Crippen molar-refractivity contribution in [3.8, 4) is 0 Å². The molecule has 12 heteroatoms. The summed E-state index contributed by atoms with van der Waals surface area (Å²) in [6, 6.07) is 2.30. The van der Waals surface area contributed by atoms with Crippen LogP contribution in [0.5, 0.6) is 0 Å². The number of nitrogens with one attached hydrogen (secondary N) is 1. The fraction of sp³-hybridized carbons (Fsp3) is 0.500. The standard InChI is InChI=1S/C16H18F3N5O3S/c1-10(20-12(25)11-4-2-9-27-11)13(26)23-5-3-6-24(8-7-23)15-22-21-14(28-15)16(17,18)19/h2,4,9-10H,3,5-8H2,1H3,(H,20,25)/t10-/m1/s1. The summed E-state index contributed by atoms with van der Waals surface area (Å²) in [4.78, 5) is 27.9. The number of hydrogen-bond donors (Lipinski definition) is 1. The van der Waals surface area contributed by atoms with E-state index in [0.717, 1.165) is 0 Å². The minimum atomic E-state index is -4.52. The highest BCUT2D eigenvalue weighted by molar-refractivity contribution is 7.15. The fourth-order valence-electron chi connectivity index (χ4n) is 2.80. The maximum absolute atomic E-state index is 12.7. The second-order valence-corrected chi connectivity index (χ2v) is 7.18. The number of anilines is 1. The number of halogens is 3. The number of carbonyl (C=O) groups excluding carboxylic acids is 2. The largest absolute Gasteiger partial charge is 0.459 e. The maximum atomic E-state index is 12.7. The third-order valence-corrected chi connectivity index (χ3v) is 5.23. The Morgan fingerprint density at radius 2 is 2.04 bits per heavy atom. The van der Waals surface area contributed by atoms with Gasteiger partial charge in [0.25, 0.3) is 5.91 Å². The molecule has 2 aromatic heterocycles. The predicted molar refractivity (Wildman–Crippen MR) is 94.0 cm³/mol. The Bertz CT molecular complexity index is 824. The van der Waals surface area contributed by atoms with Gasteiger partial charge in [0.2, 0.25) is 16.0 Å². The number of amides is 2. The van der Waals surface area contributed by atoms with Crippen LogP contribution < -0.4 is 10.2 Å². The van der Waals surface area contributed by atoms with Crippen LogP contribution in [0.3, 0.4) is 0 Å². The summed E-state index contributed by atoms with van der Waals surface area (Å²) in [5.41, 5.74) is 0. The van der Waals surface area contributed by atoms with Crippen LogP contribution in [-0.4, -0.2) is 59.1 Å². The molecule has 3 rings (SSSR count). The van der Waals surface area contributed by atoms with Crippen molar-refractivity contribution in [2.75, 3.05) is 31.1 Å². The first kappa shape index (κ1) is 20.1. The molecule has 0 spiro atoms. The molecule has 152 valence electrons. The van der Waals surface area contributed by atoms with Gasteiger partial charge in [-0.15, -0.1) is 10.2 Å². The van der Waals surface area contributed by atoms with E-state index in [1.165, 1.54) is 12.3 Å². The first-order chi connectivity index (χ1) is 13.3. The molecule has 1 fully saturated rings. The Morgan fingerprint density at radius 3 is 2.68 bits per heavy atom. The highest BCUT2D eigenvalue weighted by Gasteiger charge is 2.36. The lowest BCUT2D eigenvalue weighted by atomic mass is 10.2. The van der Waals surface area contributed by atoms with Crippen molar-refractivity contribution < 1.29 is 27.2 Å². The molecule has 0 unspecified atom stereocenters. The van der Waals surface area contributed by atoms with Gasteiger partial charge in [0.05, 0.1) is 6.26 Å². The Morgan fingerprint density at radius 1 is 1.25 bits per heavy atom. The number of alkyl halides is 3. The molecule has 3 heterocycles. The zero-order valence-electron chi connectivity index (χ0n) is 14.9. The summed E-state index contributed by atoms with van der Waals surface area (Å²) < 4.78 is 43.1. The molecule has 1 aliphatic rings. The smallest absolute Gasteiger partial charge is 0.445 e. The van der Waals surface area contributed by atoms with Gasteiger partial charge in [0.1, 0.15) is 6.04 Å². The molecule has 0 radical (unpaired) electrons. The van der Waals surface area contributed by atoms with E-state index in [4.69, 9.17) is 4.42 Å². The summed E-state index contributed by atoms with van der Waals surface area (Å²) in [7, 11) is 0. The second-order valence-electron chi connectivity index (χ2n) is 6.23. The molecule has 28 heavy (non-hydrogen) atoms. The van der Waals surface area contributed by atoms with Crippen molar-refractivity contribution in [1.82, 2.24) is 20.4 Å². The first-order valence-corrected chi connectivity index (χ1v) is 9.36. The molecule has 1 saturated heterocycles. The molecular weight excluding hydrogens is 399 g/mol. The van der Waals surface area contributed by atoms with Crippen molar-refractivity contribution in [3.63, 3.8) is 0 Å². The van der Waals surface area contributed by atoms with Crippen LogP contribution in [0.4, 0.5) is 18.3 Å². The molecule has 0 saturated carbocycles. The minimum absolute atomic E-state index is 0.110. The Hall–Kier alpha value is -2.63. The highest BCUT2D eigenvalue weighted by atomic mass is 32.1. The first-order valence-electron chi connectivity index (χ1n) is 8.54. The van der Waals surface area contributed by atoms with Gasteiger partial charge in [-0.3, -0.25) is 9.59 Å². The summed E-state index contributed by atoms with van der Waals surface area (Å²) in [5, 5.41) is 8.59. The number of nitrogens with zero attached hydrogens (tertiary/aromatic N) is 4. The second kappa shape index (κ2) is 8.17. The fourth-order valence-corrected chi connectivity index (χ4v) is 3.56. The van der Waals surface area contributed by atoms with E-state index in [9.17, 15) is 22.8 Å². The van der Waals surface area contributed by atoms with E-state index in [2.05, 4.69) is 15.5 Å². The van der Waals surface area contributed by atoms with Gasteiger partial charge in [-0.05, 0) is 25.5 Å². The topological polar surface area (TPSA) is 91.6 Å². The summed E-state index contributed by atoms with van der Waals surface area (Å²) in [5.74, 6) is -0.649. The zero-order valence-corrected chi connectivity index (χ0v) is 15.7. The van der Waals surface area contributed by atoms with Crippen LogP contribution in [0.25, 0.3) is 0 Å². The third kappa shape index (κ3) is 4.61. The molecule has 0 bridgehead atoms. The highest BCUT2D eigenvalue weighted by Crippen LogP contribution is 2.34. The minimum Gasteiger partial charge on any atom is -0.459 e. The lowest BCUT2D eigenvalue weighted by Crippen LogP contribution is -2.48. The van der Waals surface area contributed by atoms with Gasteiger partial charge in [-0.1, -0.05) is 11.3 Å². The molecule has 8 nitrogen and oxygen atoms in total. The molecule has 2 amide bonds. The van der Waals surface area contributed by atoms with Crippen molar-refractivity contribution in [2.45, 2.75) is 25.6 Å². The van der Waals surface area contributed by atoms with Gasteiger partial charge < -0.3 is 19.5 Å². The van der Waals surface area contributed by atoms with E-state index < -0.39 is 23.1 Å². The van der Waals surface area contributed by atoms with Crippen LogP contribution in [0.1, 0.15) is 28.9 Å². The summed E-state index contributed by atoms with van der Waals surface area (Å²) in [6.07, 6.45) is -2.60. The van der Waals surface area contributed by atoms with Gasteiger partial charge in [0, 0.05) is 26.2 Å². The van der Waals surface area contributed by atoms with E-state index in [0.29, 0.717) is 43.9 Å². The van der Waals surface area contributed by atoms with Crippen molar-refractivity contribution in [1.29, 1.82) is 0 Å². The average molecular weight is 417 g/mol. The lowest BCUT2D eigenvalue weighted by Gasteiger charge is -2.24. The monoisotopic (exact) mass is 417 g/mol. The van der Waals surface area contributed by atoms with Crippen LogP contribution in [-0.2, 0) is 11.0 Å². The number of carbonyl (C=O) groups is 2. The summed E-state index contributed by atoms with van der Waals surface area (Å²) >= 11 is 0.486. The quantitative estimate of drug-likeness (QED) is 0.818. The molecule has 2 aromatic rings. The third-order valence-electron chi connectivity index (χ3n) is 4.20. The molecule has 1 aliphatic heterocycles. The number of hydrogen-bond acceptors (Lipinski definition) is 7. The van der Waals surface area contributed by atoms with E-state index in [1.54, 1.807) is 22.8 Å². The molecule has 1 N–H and O–H groups in total. The summed E-state index contributed by atoms with van der Waals surface area (Å²) in [6.45, 7) is 3.11. The van der Waals surface area contributed by atoms with Crippen LogP contribution in [0.15, 0.2) is 22.8 Å². The Labute approximate surface area is 162 Å². The average Bonchev–Trinajstić information content (AvgIpc) is 3.29. The Balaban J connectivity index is 1.57. The normalized spacial score (nSPS) is 16.6. The predicted octanol–water partition coefficient (Wildman–Crippen LogP) is 2.01. The van der Waals surface area contributed by atoms with Crippen LogP contribution in [0.2, 0.25) is 0 Å². The lowest BCUT2D eigenvalue weighted by molar-refractivity contribution is -0.138. The number of rotatable bonds is 4. The SMILES string of the molecule is C[C@@H](NC(=O)c1ccco1)C(=O)N1CCCN(c2nnc(C(F)(F)F)s2)CC1. The number of aromatic nitrogens is 2. The van der Waals surface area contributed by atoms with Crippen LogP contribution in [0, 0.1) is 0 Å². The Kier molecular flexibility index (Phi) is 5.87. The van der Waals surface area contributed by atoms with Crippen molar-refractivity contribution in [3.05, 3.63) is 29.2 Å². The molecule has 0 aliphatic carbocycles.